The lowest BCUT2D eigenvalue weighted by Gasteiger charge is -2.28. The van der Waals surface area contributed by atoms with Crippen molar-refractivity contribution in [3.8, 4) is 0 Å². The fraction of sp³-hybridized carbons (Fsp3) is 0.818. The largest absolute Gasteiger partial charge is 0.334 e. The van der Waals surface area contributed by atoms with Crippen LogP contribution in [0.4, 0.5) is 0 Å². The van der Waals surface area contributed by atoms with E-state index in [1.165, 1.54) is 0 Å². The molecule has 0 aromatic carbocycles. The van der Waals surface area contributed by atoms with Crippen molar-refractivity contribution >= 4 is 11.8 Å². The molecule has 2 saturated heterocycles. The van der Waals surface area contributed by atoms with E-state index < -0.39 is 0 Å². The molecule has 2 amide bonds. The summed E-state index contributed by atoms with van der Waals surface area (Å²) in [6, 6.07) is 0. The van der Waals surface area contributed by atoms with Crippen LogP contribution in [0.5, 0.6) is 0 Å². The van der Waals surface area contributed by atoms with Crippen molar-refractivity contribution < 1.29 is 9.59 Å². The van der Waals surface area contributed by atoms with Gasteiger partial charge in [-0.1, -0.05) is 6.92 Å². The zero-order chi connectivity index (χ0) is 11.5. The molecule has 1 unspecified atom stereocenters. The Balaban J connectivity index is 1.90. The molecular formula is C11H19N3O2. The molecule has 1 N–H and O–H groups in total. The van der Waals surface area contributed by atoms with Gasteiger partial charge in [0, 0.05) is 39.3 Å². The number of piperazine rings is 1. The zero-order valence-electron chi connectivity index (χ0n) is 9.74. The number of nitrogens with one attached hydrogen (secondary N) is 1. The molecule has 90 valence electrons. The van der Waals surface area contributed by atoms with Gasteiger partial charge < -0.3 is 15.1 Å². The van der Waals surface area contributed by atoms with E-state index >= 15 is 0 Å². The Hall–Kier alpha value is -1.10. The molecule has 5 heteroatoms. The Morgan fingerprint density at radius 3 is 2.25 bits per heavy atom. The molecule has 0 aliphatic carbocycles. The lowest BCUT2D eigenvalue weighted by atomic mass is 10.2. The number of carbonyl (C=O) groups is 2. The van der Waals surface area contributed by atoms with Crippen LogP contribution in [0.15, 0.2) is 0 Å². The number of nitrogens with zero attached hydrogens (tertiary/aromatic N) is 2. The molecule has 0 radical (unpaired) electrons. The third-order valence-electron chi connectivity index (χ3n) is 3.30. The van der Waals surface area contributed by atoms with E-state index in [9.17, 15) is 9.59 Å². The second-order valence-electron chi connectivity index (χ2n) is 4.69. The van der Waals surface area contributed by atoms with Crippen LogP contribution in [0.1, 0.15) is 13.3 Å². The molecule has 16 heavy (non-hydrogen) atoms. The minimum Gasteiger partial charge on any atom is -0.334 e. The van der Waals surface area contributed by atoms with E-state index in [4.69, 9.17) is 0 Å². The second-order valence-corrected chi connectivity index (χ2v) is 4.69. The Morgan fingerprint density at radius 1 is 1.06 bits per heavy atom. The number of rotatable bonds is 0. The highest BCUT2D eigenvalue weighted by molar-refractivity contribution is 6.35. The van der Waals surface area contributed by atoms with Crippen LogP contribution in [-0.4, -0.2) is 60.9 Å². The summed E-state index contributed by atoms with van der Waals surface area (Å²) in [5.41, 5.74) is 0. The highest BCUT2D eigenvalue weighted by atomic mass is 16.2. The van der Waals surface area contributed by atoms with E-state index in [1.54, 1.807) is 9.80 Å². The van der Waals surface area contributed by atoms with Gasteiger partial charge in [0.15, 0.2) is 0 Å². The molecule has 0 aromatic rings. The van der Waals surface area contributed by atoms with Crippen molar-refractivity contribution in [2.24, 2.45) is 5.92 Å². The Bertz CT molecular complexity index is 272. The van der Waals surface area contributed by atoms with Crippen LogP contribution in [-0.2, 0) is 9.59 Å². The Morgan fingerprint density at radius 2 is 1.69 bits per heavy atom. The van der Waals surface area contributed by atoms with E-state index in [-0.39, 0.29) is 11.8 Å². The second kappa shape index (κ2) is 4.82. The summed E-state index contributed by atoms with van der Waals surface area (Å²) >= 11 is 0. The smallest absolute Gasteiger partial charge is 0.312 e. The molecular weight excluding hydrogens is 206 g/mol. The highest BCUT2D eigenvalue weighted by Gasteiger charge is 2.31. The molecule has 2 aliphatic heterocycles. The van der Waals surface area contributed by atoms with Gasteiger partial charge in [0.2, 0.25) is 0 Å². The number of carbonyl (C=O) groups excluding carboxylic acids is 2. The number of hydrogen-bond donors (Lipinski definition) is 1. The normalized spacial score (nSPS) is 25.9. The Labute approximate surface area is 95.8 Å². The predicted octanol–water partition coefficient (Wildman–Crippen LogP) is -0.713. The monoisotopic (exact) mass is 225 g/mol. The first-order chi connectivity index (χ1) is 7.68. The minimum absolute atomic E-state index is 0.314. The summed E-state index contributed by atoms with van der Waals surface area (Å²) in [6.45, 7) is 6.45. The summed E-state index contributed by atoms with van der Waals surface area (Å²) in [6.07, 6.45) is 1.01. The molecule has 2 aliphatic rings. The molecule has 0 bridgehead atoms. The predicted molar refractivity (Wildman–Crippen MR) is 59.8 cm³/mol. The highest BCUT2D eigenvalue weighted by Crippen LogP contribution is 2.15. The van der Waals surface area contributed by atoms with Crippen LogP contribution >= 0.6 is 0 Å². The van der Waals surface area contributed by atoms with Crippen LogP contribution < -0.4 is 5.32 Å². The topological polar surface area (TPSA) is 52.7 Å². The summed E-state index contributed by atoms with van der Waals surface area (Å²) in [4.78, 5) is 27.1. The van der Waals surface area contributed by atoms with E-state index in [0.29, 0.717) is 19.0 Å². The summed E-state index contributed by atoms with van der Waals surface area (Å²) < 4.78 is 0. The van der Waals surface area contributed by atoms with E-state index in [1.807, 2.05) is 0 Å². The number of likely N-dealkylation sites (tertiary alicyclic amines) is 1. The van der Waals surface area contributed by atoms with Crippen LogP contribution in [0.2, 0.25) is 0 Å². The number of amides is 2. The molecule has 0 spiro atoms. The van der Waals surface area contributed by atoms with E-state index in [2.05, 4.69) is 12.2 Å². The lowest BCUT2D eigenvalue weighted by Crippen LogP contribution is -2.51. The molecule has 1 atom stereocenters. The van der Waals surface area contributed by atoms with Crippen molar-refractivity contribution in [3.63, 3.8) is 0 Å². The van der Waals surface area contributed by atoms with Crippen molar-refractivity contribution in [3.05, 3.63) is 0 Å². The Kier molecular flexibility index (Phi) is 3.43. The van der Waals surface area contributed by atoms with Crippen LogP contribution in [0.25, 0.3) is 0 Å². The molecule has 2 fully saturated rings. The lowest BCUT2D eigenvalue weighted by molar-refractivity contribution is -0.151. The van der Waals surface area contributed by atoms with Gasteiger partial charge in [0.1, 0.15) is 0 Å². The first-order valence-electron chi connectivity index (χ1n) is 5.97. The van der Waals surface area contributed by atoms with Crippen LogP contribution in [0, 0.1) is 5.92 Å². The molecule has 2 heterocycles. The first kappa shape index (κ1) is 11.4. The van der Waals surface area contributed by atoms with Gasteiger partial charge in [-0.25, -0.2) is 0 Å². The van der Waals surface area contributed by atoms with Gasteiger partial charge in [0.25, 0.3) is 0 Å². The maximum atomic E-state index is 11.9. The average Bonchev–Trinajstić information content (AvgIpc) is 2.75. The van der Waals surface area contributed by atoms with Gasteiger partial charge >= 0.3 is 11.8 Å². The van der Waals surface area contributed by atoms with Crippen molar-refractivity contribution in [2.45, 2.75) is 13.3 Å². The fourth-order valence-corrected chi connectivity index (χ4v) is 2.26. The fourth-order valence-electron chi connectivity index (χ4n) is 2.26. The van der Waals surface area contributed by atoms with Crippen molar-refractivity contribution in [1.29, 1.82) is 0 Å². The third-order valence-corrected chi connectivity index (χ3v) is 3.30. The van der Waals surface area contributed by atoms with Gasteiger partial charge in [-0.3, -0.25) is 9.59 Å². The third kappa shape index (κ3) is 2.35. The maximum absolute atomic E-state index is 11.9. The van der Waals surface area contributed by atoms with Crippen molar-refractivity contribution in [1.82, 2.24) is 15.1 Å². The summed E-state index contributed by atoms with van der Waals surface area (Å²) in [5, 5.41) is 3.17. The quantitative estimate of drug-likeness (QED) is 0.554. The van der Waals surface area contributed by atoms with E-state index in [0.717, 1.165) is 32.6 Å². The molecule has 5 nitrogen and oxygen atoms in total. The van der Waals surface area contributed by atoms with Gasteiger partial charge in [0.05, 0.1) is 0 Å². The van der Waals surface area contributed by atoms with Gasteiger partial charge in [-0.15, -0.1) is 0 Å². The molecule has 0 aromatic heterocycles. The minimum atomic E-state index is -0.324. The SMILES string of the molecule is CC1CCN(C(=O)C(=O)N2CCNCC2)C1. The average molecular weight is 225 g/mol. The zero-order valence-corrected chi connectivity index (χ0v) is 9.74. The molecule has 0 saturated carbocycles. The van der Waals surface area contributed by atoms with Crippen molar-refractivity contribution in [2.75, 3.05) is 39.3 Å². The van der Waals surface area contributed by atoms with Gasteiger partial charge in [-0.05, 0) is 12.3 Å². The van der Waals surface area contributed by atoms with Gasteiger partial charge in [-0.2, -0.15) is 0 Å². The standard InChI is InChI=1S/C11H19N3O2/c1-9-2-5-14(8-9)11(16)10(15)13-6-3-12-4-7-13/h9,12H,2-8H2,1H3. The van der Waals surface area contributed by atoms with Crippen LogP contribution in [0.3, 0.4) is 0 Å². The number of hydrogen-bond acceptors (Lipinski definition) is 3. The maximum Gasteiger partial charge on any atom is 0.312 e. The summed E-state index contributed by atoms with van der Waals surface area (Å²) in [5.74, 6) is -0.110. The first-order valence-corrected chi connectivity index (χ1v) is 5.97. The summed E-state index contributed by atoms with van der Waals surface area (Å²) in [7, 11) is 0. The molecule has 2 rings (SSSR count).